The molecule has 0 aliphatic carbocycles. The minimum atomic E-state index is -0.323. The number of hydrogen-bond acceptors (Lipinski definition) is 3. The van der Waals surface area contributed by atoms with Gasteiger partial charge in [-0.2, -0.15) is 0 Å². The summed E-state index contributed by atoms with van der Waals surface area (Å²) < 4.78 is 13.6. The number of hydrogen-bond donors (Lipinski definition) is 3. The fourth-order valence-electron chi connectivity index (χ4n) is 2.92. The van der Waals surface area contributed by atoms with E-state index in [0.717, 1.165) is 22.6 Å². The smallest absolute Gasteiger partial charge is 0.319 e. The quantitative estimate of drug-likeness (QED) is 0.732. The van der Waals surface area contributed by atoms with Crippen molar-refractivity contribution in [2.75, 3.05) is 11.1 Å². The molecule has 1 aliphatic heterocycles. The SMILES string of the molecule is CC(C)NC(=O)Nc1cccc(C(=O)NC2CCSc3ccc(F)cc32)c1. The molecule has 142 valence electrons. The van der Waals surface area contributed by atoms with Crippen LogP contribution in [0, 0.1) is 5.82 Å². The van der Waals surface area contributed by atoms with E-state index in [2.05, 4.69) is 16.0 Å². The Kier molecular flexibility index (Phi) is 6.01. The number of carbonyl (C=O) groups excluding carboxylic acids is 2. The largest absolute Gasteiger partial charge is 0.345 e. The summed E-state index contributed by atoms with van der Waals surface area (Å²) in [5, 5.41) is 8.43. The van der Waals surface area contributed by atoms with Crippen molar-refractivity contribution in [2.24, 2.45) is 0 Å². The Morgan fingerprint density at radius 3 is 2.78 bits per heavy atom. The van der Waals surface area contributed by atoms with Gasteiger partial charge < -0.3 is 16.0 Å². The summed E-state index contributed by atoms with van der Waals surface area (Å²) in [5.41, 5.74) is 1.78. The molecule has 1 aliphatic rings. The number of thioether (sulfide) groups is 1. The average Bonchev–Trinajstić information content (AvgIpc) is 2.61. The maximum absolute atomic E-state index is 13.6. The molecule has 0 saturated heterocycles. The van der Waals surface area contributed by atoms with E-state index in [1.807, 2.05) is 13.8 Å². The van der Waals surface area contributed by atoms with Crippen LogP contribution in [0.15, 0.2) is 47.4 Å². The number of amides is 3. The molecule has 5 nitrogen and oxygen atoms in total. The Bertz CT molecular complexity index is 857. The molecular weight excluding hydrogens is 365 g/mol. The zero-order valence-corrected chi connectivity index (χ0v) is 16.0. The molecule has 1 heterocycles. The van der Waals surface area contributed by atoms with E-state index >= 15 is 0 Å². The fourth-order valence-corrected chi connectivity index (χ4v) is 4.03. The first kappa shape index (κ1) is 19.2. The normalized spacial score (nSPS) is 15.8. The number of anilines is 1. The molecule has 2 aromatic carbocycles. The van der Waals surface area contributed by atoms with Gasteiger partial charge in [-0.25, -0.2) is 9.18 Å². The van der Waals surface area contributed by atoms with Gasteiger partial charge in [0.15, 0.2) is 0 Å². The molecule has 3 N–H and O–H groups in total. The van der Waals surface area contributed by atoms with Crippen LogP contribution in [0.25, 0.3) is 0 Å². The predicted octanol–water partition coefficient (Wildman–Crippen LogP) is 4.32. The van der Waals surface area contributed by atoms with Crippen LogP contribution in [0.4, 0.5) is 14.9 Å². The molecule has 0 bridgehead atoms. The Morgan fingerprint density at radius 1 is 1.19 bits per heavy atom. The van der Waals surface area contributed by atoms with E-state index in [4.69, 9.17) is 0 Å². The van der Waals surface area contributed by atoms with Crippen molar-refractivity contribution in [1.29, 1.82) is 0 Å². The van der Waals surface area contributed by atoms with Gasteiger partial charge in [0.1, 0.15) is 5.82 Å². The first-order valence-corrected chi connectivity index (χ1v) is 9.81. The molecule has 0 spiro atoms. The lowest BCUT2D eigenvalue weighted by molar-refractivity contribution is 0.0935. The first-order chi connectivity index (χ1) is 12.9. The number of fused-ring (bicyclic) bond motifs is 1. The first-order valence-electron chi connectivity index (χ1n) is 8.83. The second kappa shape index (κ2) is 8.43. The van der Waals surface area contributed by atoms with Crippen LogP contribution >= 0.6 is 11.8 Å². The Balaban J connectivity index is 1.71. The van der Waals surface area contributed by atoms with Gasteiger partial charge in [0.25, 0.3) is 5.91 Å². The monoisotopic (exact) mass is 387 g/mol. The lowest BCUT2D eigenvalue weighted by Crippen LogP contribution is -2.34. The second-order valence-electron chi connectivity index (χ2n) is 6.68. The highest BCUT2D eigenvalue weighted by Crippen LogP contribution is 2.36. The molecule has 3 rings (SSSR count). The van der Waals surface area contributed by atoms with E-state index in [9.17, 15) is 14.0 Å². The lowest BCUT2D eigenvalue weighted by Gasteiger charge is -2.26. The fraction of sp³-hybridized carbons (Fsp3) is 0.300. The third-order valence-electron chi connectivity index (χ3n) is 4.12. The van der Waals surface area contributed by atoms with Crippen molar-refractivity contribution in [3.8, 4) is 0 Å². The summed E-state index contributed by atoms with van der Waals surface area (Å²) in [6.45, 7) is 3.74. The average molecular weight is 387 g/mol. The van der Waals surface area contributed by atoms with E-state index in [-0.39, 0.29) is 29.8 Å². The molecule has 0 aromatic heterocycles. The van der Waals surface area contributed by atoms with Crippen molar-refractivity contribution in [2.45, 2.75) is 37.2 Å². The van der Waals surface area contributed by atoms with Crippen molar-refractivity contribution in [1.82, 2.24) is 10.6 Å². The molecule has 0 radical (unpaired) electrons. The van der Waals surface area contributed by atoms with Gasteiger partial charge in [-0.15, -0.1) is 11.8 Å². The summed E-state index contributed by atoms with van der Waals surface area (Å²) in [6.07, 6.45) is 0.738. The highest BCUT2D eigenvalue weighted by Gasteiger charge is 2.23. The molecule has 27 heavy (non-hydrogen) atoms. The van der Waals surface area contributed by atoms with Gasteiger partial charge >= 0.3 is 6.03 Å². The van der Waals surface area contributed by atoms with Crippen molar-refractivity contribution in [3.05, 3.63) is 59.4 Å². The van der Waals surface area contributed by atoms with Crippen molar-refractivity contribution in [3.63, 3.8) is 0 Å². The highest BCUT2D eigenvalue weighted by molar-refractivity contribution is 7.99. The van der Waals surface area contributed by atoms with Crippen molar-refractivity contribution < 1.29 is 14.0 Å². The molecule has 7 heteroatoms. The molecule has 2 aromatic rings. The number of nitrogens with one attached hydrogen (secondary N) is 3. The zero-order chi connectivity index (χ0) is 19.4. The Morgan fingerprint density at radius 2 is 2.00 bits per heavy atom. The van der Waals surface area contributed by atoms with E-state index in [0.29, 0.717) is 11.3 Å². The van der Waals surface area contributed by atoms with Gasteiger partial charge in [0, 0.05) is 27.9 Å². The summed E-state index contributed by atoms with van der Waals surface area (Å²) in [5.74, 6) is 0.300. The maximum Gasteiger partial charge on any atom is 0.319 e. The van der Waals surface area contributed by atoms with Gasteiger partial charge in [0.05, 0.1) is 6.04 Å². The van der Waals surface area contributed by atoms with Crippen molar-refractivity contribution >= 4 is 29.4 Å². The van der Waals surface area contributed by atoms with Gasteiger partial charge in [-0.3, -0.25) is 4.79 Å². The van der Waals surface area contributed by atoms with Crippen LogP contribution in [-0.4, -0.2) is 23.7 Å². The van der Waals surface area contributed by atoms with E-state index in [1.165, 1.54) is 12.1 Å². The van der Waals surface area contributed by atoms with Gasteiger partial charge in [0.2, 0.25) is 0 Å². The predicted molar refractivity (Wildman–Crippen MR) is 106 cm³/mol. The summed E-state index contributed by atoms with van der Waals surface area (Å²) in [7, 11) is 0. The topological polar surface area (TPSA) is 70.2 Å². The summed E-state index contributed by atoms with van der Waals surface area (Å²) in [6, 6.07) is 10.9. The third-order valence-corrected chi connectivity index (χ3v) is 5.24. The number of rotatable bonds is 4. The van der Waals surface area contributed by atoms with Crippen LogP contribution < -0.4 is 16.0 Å². The molecule has 0 saturated carbocycles. The van der Waals surface area contributed by atoms with E-state index in [1.54, 1.807) is 42.1 Å². The summed E-state index contributed by atoms with van der Waals surface area (Å²) >= 11 is 1.67. The van der Waals surface area contributed by atoms with E-state index < -0.39 is 0 Å². The number of urea groups is 1. The summed E-state index contributed by atoms with van der Waals surface area (Å²) in [4.78, 5) is 25.5. The molecule has 3 amide bonds. The lowest BCUT2D eigenvalue weighted by atomic mass is 10.0. The van der Waals surface area contributed by atoms with Gasteiger partial charge in [-0.05, 0) is 62.2 Å². The molecule has 1 atom stereocenters. The van der Waals surface area contributed by atoms with Crippen LogP contribution in [0.2, 0.25) is 0 Å². The van der Waals surface area contributed by atoms with Crippen LogP contribution in [-0.2, 0) is 0 Å². The second-order valence-corrected chi connectivity index (χ2v) is 7.82. The van der Waals surface area contributed by atoms with Crippen LogP contribution in [0.1, 0.15) is 42.2 Å². The number of benzene rings is 2. The minimum Gasteiger partial charge on any atom is -0.345 e. The Labute approximate surface area is 162 Å². The van der Waals surface area contributed by atoms with Crippen LogP contribution in [0.5, 0.6) is 0 Å². The Hall–Kier alpha value is -2.54. The number of halogens is 1. The molecule has 0 fully saturated rings. The highest BCUT2D eigenvalue weighted by atomic mass is 32.2. The molecular formula is C20H22FN3O2S. The maximum atomic E-state index is 13.6. The number of carbonyl (C=O) groups is 2. The third kappa shape index (κ3) is 5.01. The zero-order valence-electron chi connectivity index (χ0n) is 15.2. The van der Waals surface area contributed by atoms with Crippen LogP contribution in [0.3, 0.4) is 0 Å². The molecule has 1 unspecified atom stereocenters. The van der Waals surface area contributed by atoms with Gasteiger partial charge in [-0.1, -0.05) is 6.07 Å². The standard InChI is InChI=1S/C20H22FN3O2S/c1-12(2)22-20(26)23-15-5-3-4-13(10-15)19(25)24-17-8-9-27-18-7-6-14(21)11-16(17)18/h3-7,10-12,17H,8-9H2,1-2H3,(H,24,25)(H2,22,23,26). The minimum absolute atomic E-state index is 0.0149.